The smallest absolute Gasteiger partial charge is 0.409 e. The van der Waals surface area contributed by atoms with E-state index in [4.69, 9.17) is 4.74 Å². The minimum absolute atomic E-state index is 0.0307. The summed E-state index contributed by atoms with van der Waals surface area (Å²) in [7, 11) is 0. The lowest BCUT2D eigenvalue weighted by atomic mass is 10.1. The summed E-state index contributed by atoms with van der Waals surface area (Å²) < 4.78 is 6.85. The van der Waals surface area contributed by atoms with Gasteiger partial charge < -0.3 is 14.5 Å². The van der Waals surface area contributed by atoms with Crippen LogP contribution in [-0.2, 0) is 4.74 Å². The van der Waals surface area contributed by atoms with Gasteiger partial charge in [0.15, 0.2) is 0 Å². The zero-order valence-electron chi connectivity index (χ0n) is 15.4. The Bertz CT molecular complexity index is 807. The van der Waals surface area contributed by atoms with Crippen molar-refractivity contribution in [2.24, 2.45) is 0 Å². The van der Waals surface area contributed by atoms with Gasteiger partial charge in [0.05, 0.1) is 18.0 Å². The number of aromatic nitrogens is 2. The van der Waals surface area contributed by atoms with Crippen LogP contribution in [0.25, 0.3) is 5.69 Å². The minimum atomic E-state index is -0.314. The highest BCUT2D eigenvalue weighted by Crippen LogP contribution is 2.16. The van der Waals surface area contributed by atoms with Crippen molar-refractivity contribution < 1.29 is 14.3 Å². The largest absolute Gasteiger partial charge is 0.450 e. The predicted molar refractivity (Wildman–Crippen MR) is 97.5 cm³/mol. The van der Waals surface area contributed by atoms with Crippen LogP contribution in [0.5, 0.6) is 0 Å². The van der Waals surface area contributed by atoms with Gasteiger partial charge in [-0.1, -0.05) is 6.07 Å². The fourth-order valence-corrected chi connectivity index (χ4v) is 3.15. The average molecular weight is 356 g/mol. The van der Waals surface area contributed by atoms with Crippen LogP contribution >= 0.6 is 0 Å². The van der Waals surface area contributed by atoms with Crippen LogP contribution in [0.4, 0.5) is 4.79 Å². The standard InChI is InChI=1S/C19H24N4O3/c1-4-26-19(25)22-10-8-21(9-11-22)18(24)16-6-5-7-17(13-16)23-15(3)12-14(2)20-23/h5-7,12-13H,4,8-11H2,1-3H3. The highest BCUT2D eigenvalue weighted by Gasteiger charge is 2.25. The molecule has 0 unspecified atom stereocenters. The molecule has 2 amide bonds. The zero-order valence-corrected chi connectivity index (χ0v) is 15.4. The third-order valence-corrected chi connectivity index (χ3v) is 4.44. The molecule has 1 aromatic heterocycles. The summed E-state index contributed by atoms with van der Waals surface area (Å²) in [5, 5.41) is 4.47. The normalized spacial score (nSPS) is 14.4. The molecule has 0 bridgehead atoms. The lowest BCUT2D eigenvalue weighted by Gasteiger charge is -2.34. The minimum Gasteiger partial charge on any atom is -0.450 e. The van der Waals surface area contributed by atoms with Gasteiger partial charge in [0.2, 0.25) is 0 Å². The molecule has 2 aromatic rings. The van der Waals surface area contributed by atoms with Crippen molar-refractivity contribution in [1.82, 2.24) is 19.6 Å². The van der Waals surface area contributed by atoms with Crippen LogP contribution < -0.4 is 0 Å². The first-order valence-electron chi connectivity index (χ1n) is 8.84. The predicted octanol–water partition coefficient (Wildman–Crippen LogP) is 2.40. The fraction of sp³-hybridized carbons (Fsp3) is 0.421. The molecule has 1 aliphatic rings. The molecule has 1 aliphatic heterocycles. The van der Waals surface area contributed by atoms with E-state index < -0.39 is 0 Å². The molecule has 7 heteroatoms. The monoisotopic (exact) mass is 356 g/mol. The molecule has 0 radical (unpaired) electrons. The van der Waals surface area contributed by atoms with Gasteiger partial charge in [0.1, 0.15) is 0 Å². The lowest BCUT2D eigenvalue weighted by Crippen LogP contribution is -2.50. The summed E-state index contributed by atoms with van der Waals surface area (Å²) in [5.74, 6) is -0.0307. The summed E-state index contributed by atoms with van der Waals surface area (Å²) >= 11 is 0. The maximum Gasteiger partial charge on any atom is 0.409 e. The van der Waals surface area contributed by atoms with Crippen LogP contribution in [0.1, 0.15) is 28.7 Å². The SMILES string of the molecule is CCOC(=O)N1CCN(C(=O)c2cccc(-n3nc(C)cc3C)c2)CC1. The van der Waals surface area contributed by atoms with Gasteiger partial charge in [-0.25, -0.2) is 9.48 Å². The Balaban J connectivity index is 1.70. The van der Waals surface area contributed by atoms with Crippen molar-refractivity contribution in [2.75, 3.05) is 32.8 Å². The van der Waals surface area contributed by atoms with Crippen molar-refractivity contribution in [2.45, 2.75) is 20.8 Å². The number of nitrogens with zero attached hydrogens (tertiary/aromatic N) is 4. The summed E-state index contributed by atoms with van der Waals surface area (Å²) in [6.45, 7) is 8.06. The van der Waals surface area contributed by atoms with Crippen molar-refractivity contribution in [3.63, 3.8) is 0 Å². The Labute approximate surface area is 153 Å². The first kappa shape index (κ1) is 18.0. The van der Waals surface area contributed by atoms with Gasteiger partial charge in [-0.05, 0) is 45.0 Å². The van der Waals surface area contributed by atoms with Crippen molar-refractivity contribution in [3.8, 4) is 5.69 Å². The topological polar surface area (TPSA) is 67.7 Å². The maximum atomic E-state index is 12.8. The van der Waals surface area contributed by atoms with E-state index >= 15 is 0 Å². The molecule has 0 saturated carbocycles. The van der Waals surface area contributed by atoms with E-state index in [0.29, 0.717) is 38.3 Å². The third kappa shape index (κ3) is 3.71. The molecule has 138 valence electrons. The first-order valence-corrected chi connectivity index (χ1v) is 8.84. The van der Waals surface area contributed by atoms with E-state index in [0.717, 1.165) is 17.1 Å². The Kier molecular flexibility index (Phi) is 5.25. The van der Waals surface area contributed by atoms with Gasteiger partial charge in [0, 0.05) is 37.4 Å². The molecule has 1 aromatic carbocycles. The molecule has 2 heterocycles. The van der Waals surface area contributed by atoms with E-state index in [1.807, 2.05) is 48.9 Å². The lowest BCUT2D eigenvalue weighted by molar-refractivity contribution is 0.0570. The van der Waals surface area contributed by atoms with E-state index in [9.17, 15) is 9.59 Å². The fourth-order valence-electron chi connectivity index (χ4n) is 3.15. The van der Waals surface area contributed by atoms with Crippen LogP contribution in [-0.4, -0.2) is 64.4 Å². The molecule has 1 saturated heterocycles. The number of hydrogen-bond donors (Lipinski definition) is 0. The number of carbonyl (C=O) groups is 2. The quantitative estimate of drug-likeness (QED) is 0.847. The van der Waals surface area contributed by atoms with Gasteiger partial charge in [-0.3, -0.25) is 4.79 Å². The second kappa shape index (κ2) is 7.59. The van der Waals surface area contributed by atoms with Gasteiger partial charge in [-0.15, -0.1) is 0 Å². The van der Waals surface area contributed by atoms with Crippen LogP contribution in [0.2, 0.25) is 0 Å². The van der Waals surface area contributed by atoms with E-state index in [2.05, 4.69) is 5.10 Å². The molecule has 7 nitrogen and oxygen atoms in total. The van der Waals surface area contributed by atoms with Crippen molar-refractivity contribution >= 4 is 12.0 Å². The van der Waals surface area contributed by atoms with Crippen LogP contribution in [0.15, 0.2) is 30.3 Å². The average Bonchev–Trinajstić information content (AvgIpc) is 3.00. The number of aryl methyl sites for hydroxylation is 2. The van der Waals surface area contributed by atoms with Crippen LogP contribution in [0.3, 0.4) is 0 Å². The van der Waals surface area contributed by atoms with Gasteiger partial charge >= 0.3 is 6.09 Å². The summed E-state index contributed by atoms with van der Waals surface area (Å²) in [6, 6.07) is 9.49. The molecule has 0 spiro atoms. The Morgan fingerprint density at radius 1 is 1.08 bits per heavy atom. The molecular formula is C19H24N4O3. The number of amides is 2. The number of benzene rings is 1. The van der Waals surface area contributed by atoms with Crippen LogP contribution in [0, 0.1) is 13.8 Å². The summed E-state index contributed by atoms with van der Waals surface area (Å²) in [5.41, 5.74) is 3.45. The molecule has 0 aliphatic carbocycles. The highest BCUT2D eigenvalue weighted by molar-refractivity contribution is 5.95. The van der Waals surface area contributed by atoms with Crippen molar-refractivity contribution in [1.29, 1.82) is 0 Å². The van der Waals surface area contributed by atoms with E-state index in [-0.39, 0.29) is 12.0 Å². The summed E-state index contributed by atoms with van der Waals surface area (Å²) in [6.07, 6.45) is -0.314. The molecule has 26 heavy (non-hydrogen) atoms. The molecule has 0 N–H and O–H groups in total. The number of carbonyl (C=O) groups excluding carboxylic acids is 2. The van der Waals surface area contributed by atoms with Gasteiger partial charge in [0.25, 0.3) is 5.91 Å². The first-order chi connectivity index (χ1) is 12.5. The van der Waals surface area contributed by atoms with Crippen molar-refractivity contribution in [3.05, 3.63) is 47.3 Å². The number of hydrogen-bond acceptors (Lipinski definition) is 4. The Morgan fingerprint density at radius 3 is 2.38 bits per heavy atom. The summed E-state index contributed by atoms with van der Waals surface area (Å²) in [4.78, 5) is 28.0. The number of rotatable bonds is 3. The third-order valence-electron chi connectivity index (χ3n) is 4.44. The molecule has 3 rings (SSSR count). The van der Waals surface area contributed by atoms with E-state index in [1.165, 1.54) is 0 Å². The Hall–Kier alpha value is -2.83. The second-order valence-electron chi connectivity index (χ2n) is 6.37. The van der Waals surface area contributed by atoms with E-state index in [1.54, 1.807) is 16.7 Å². The van der Waals surface area contributed by atoms with Gasteiger partial charge in [-0.2, -0.15) is 5.10 Å². The highest BCUT2D eigenvalue weighted by atomic mass is 16.6. The Morgan fingerprint density at radius 2 is 1.77 bits per heavy atom. The zero-order chi connectivity index (χ0) is 18.7. The second-order valence-corrected chi connectivity index (χ2v) is 6.37. The molecule has 1 fully saturated rings. The maximum absolute atomic E-state index is 12.8. The number of piperazine rings is 1. The molecular weight excluding hydrogens is 332 g/mol. The number of ether oxygens (including phenoxy) is 1. The molecule has 0 atom stereocenters.